The molecule has 0 saturated heterocycles. The Balaban J connectivity index is 1.92. The van der Waals surface area contributed by atoms with Gasteiger partial charge in [-0.1, -0.05) is 0 Å². The Hall–Kier alpha value is -2.96. The lowest BCUT2D eigenvalue weighted by molar-refractivity contribution is -0.121. The van der Waals surface area contributed by atoms with Crippen LogP contribution in [-0.2, 0) is 25.5 Å². The molecule has 0 amide bonds. The van der Waals surface area contributed by atoms with Crippen molar-refractivity contribution in [2.75, 3.05) is 27.9 Å². The van der Waals surface area contributed by atoms with E-state index < -0.39 is 5.78 Å². The first-order valence-electron chi connectivity index (χ1n) is 7.65. The molecule has 0 spiro atoms. The summed E-state index contributed by atoms with van der Waals surface area (Å²) in [5.41, 5.74) is 1.10. The lowest BCUT2D eigenvalue weighted by atomic mass is 9.84. The smallest absolute Gasteiger partial charge is 0.228 e. The normalized spacial score (nSPS) is 19.8. The number of ether oxygens (including phenoxy) is 4. The quantitative estimate of drug-likeness (QED) is 0.827. The van der Waals surface area contributed by atoms with Crippen LogP contribution in [0.2, 0.25) is 0 Å². The fourth-order valence-corrected chi connectivity index (χ4v) is 3.06. The standard InChI is InChI=1S/C18H18O7/c1-22-15-5-9-4-10(8-25-14(9)7-12(15)19)11-6-13(20)17(23-2)18(24-3)16(11)21/h5-7,10,19H,4,8H2,1-3H3. The number of ketones is 2. The molecule has 0 radical (unpaired) electrons. The molecule has 7 heteroatoms. The number of benzene rings is 1. The third-order valence-corrected chi connectivity index (χ3v) is 4.30. The lowest BCUT2D eigenvalue weighted by Gasteiger charge is -2.28. The number of carbonyl (C=O) groups is 2. The Morgan fingerprint density at radius 3 is 2.44 bits per heavy atom. The van der Waals surface area contributed by atoms with Gasteiger partial charge in [-0.25, -0.2) is 0 Å². The summed E-state index contributed by atoms with van der Waals surface area (Å²) in [7, 11) is 4.09. The maximum atomic E-state index is 12.7. The molecule has 0 aromatic heterocycles. The molecule has 1 aliphatic heterocycles. The van der Waals surface area contributed by atoms with E-state index in [0.717, 1.165) is 5.56 Å². The van der Waals surface area contributed by atoms with Crippen molar-refractivity contribution < 1.29 is 33.6 Å². The van der Waals surface area contributed by atoms with Gasteiger partial charge in [0.2, 0.25) is 23.1 Å². The van der Waals surface area contributed by atoms with Crippen LogP contribution in [0.5, 0.6) is 17.2 Å². The fourth-order valence-electron chi connectivity index (χ4n) is 3.06. The van der Waals surface area contributed by atoms with Gasteiger partial charge in [-0.2, -0.15) is 0 Å². The number of phenolic OH excluding ortho intramolecular Hbond substituents is 1. The van der Waals surface area contributed by atoms with Gasteiger partial charge in [-0.3, -0.25) is 9.59 Å². The van der Waals surface area contributed by atoms with Crippen LogP contribution in [0.1, 0.15) is 5.56 Å². The molecule has 3 rings (SSSR count). The van der Waals surface area contributed by atoms with Gasteiger partial charge in [0.25, 0.3) is 0 Å². The number of hydrogen-bond acceptors (Lipinski definition) is 7. The molecule has 2 aliphatic rings. The molecular weight excluding hydrogens is 328 g/mol. The zero-order valence-corrected chi connectivity index (χ0v) is 14.1. The fraction of sp³-hybridized carbons (Fsp3) is 0.333. The van der Waals surface area contributed by atoms with E-state index in [1.54, 1.807) is 6.07 Å². The van der Waals surface area contributed by atoms with E-state index in [1.165, 1.54) is 33.5 Å². The average Bonchev–Trinajstić information content (AvgIpc) is 2.61. The number of fused-ring (bicyclic) bond motifs is 1. The molecule has 1 aromatic carbocycles. The number of rotatable bonds is 4. The average molecular weight is 346 g/mol. The molecule has 0 bridgehead atoms. The molecule has 1 atom stereocenters. The van der Waals surface area contributed by atoms with E-state index in [9.17, 15) is 14.7 Å². The molecule has 1 heterocycles. The van der Waals surface area contributed by atoms with E-state index >= 15 is 0 Å². The minimum Gasteiger partial charge on any atom is -0.504 e. The second kappa shape index (κ2) is 6.51. The minimum atomic E-state index is -0.414. The highest BCUT2D eigenvalue weighted by Gasteiger charge is 2.36. The van der Waals surface area contributed by atoms with Gasteiger partial charge in [0.1, 0.15) is 5.75 Å². The lowest BCUT2D eigenvalue weighted by Crippen LogP contribution is -2.31. The SMILES string of the molecule is COC1=C(OC)C(=O)C(C2COc3cc(O)c(OC)cc3C2)=CC1=O. The Bertz CT molecular complexity index is 804. The second-order valence-electron chi connectivity index (χ2n) is 5.70. The number of hydrogen-bond donors (Lipinski definition) is 1. The number of Topliss-reactive ketones (excluding diaryl/α,β-unsaturated/α-hetero) is 1. The van der Waals surface area contributed by atoms with Crippen molar-refractivity contribution >= 4 is 11.6 Å². The molecule has 0 fully saturated rings. The number of aromatic hydroxyl groups is 1. The van der Waals surface area contributed by atoms with E-state index in [4.69, 9.17) is 18.9 Å². The Morgan fingerprint density at radius 2 is 1.80 bits per heavy atom. The van der Waals surface area contributed by atoms with Crippen molar-refractivity contribution in [3.8, 4) is 17.2 Å². The molecule has 1 aliphatic carbocycles. The molecule has 132 valence electrons. The van der Waals surface area contributed by atoms with Crippen LogP contribution in [0.3, 0.4) is 0 Å². The molecular formula is C18H18O7. The van der Waals surface area contributed by atoms with Crippen LogP contribution in [0.15, 0.2) is 35.3 Å². The van der Waals surface area contributed by atoms with Crippen LogP contribution in [0.4, 0.5) is 0 Å². The minimum absolute atomic E-state index is 0.0165. The predicted octanol–water partition coefficient (Wildman–Crippen LogP) is 1.53. The number of carbonyl (C=O) groups excluding carboxylic acids is 2. The highest BCUT2D eigenvalue weighted by molar-refractivity contribution is 6.21. The van der Waals surface area contributed by atoms with Crippen LogP contribution in [0.25, 0.3) is 0 Å². The van der Waals surface area contributed by atoms with E-state index in [2.05, 4.69) is 0 Å². The summed E-state index contributed by atoms with van der Waals surface area (Å²) in [5.74, 6) is -0.477. The summed E-state index contributed by atoms with van der Waals surface area (Å²) in [6, 6.07) is 3.15. The third-order valence-electron chi connectivity index (χ3n) is 4.30. The van der Waals surface area contributed by atoms with Gasteiger partial charge in [-0.05, 0) is 24.1 Å². The summed E-state index contributed by atoms with van der Waals surface area (Å²) in [4.78, 5) is 24.9. The Morgan fingerprint density at radius 1 is 1.08 bits per heavy atom. The van der Waals surface area contributed by atoms with Crippen molar-refractivity contribution in [3.63, 3.8) is 0 Å². The highest BCUT2D eigenvalue weighted by atomic mass is 16.5. The molecule has 1 aromatic rings. The molecule has 0 saturated carbocycles. The first-order chi connectivity index (χ1) is 12.0. The van der Waals surface area contributed by atoms with Crippen LogP contribution in [0, 0.1) is 5.92 Å². The highest BCUT2D eigenvalue weighted by Crippen LogP contribution is 2.39. The monoisotopic (exact) mass is 346 g/mol. The summed E-state index contributed by atoms with van der Waals surface area (Å²) in [6.45, 7) is 0.211. The first kappa shape index (κ1) is 16.9. The van der Waals surface area contributed by atoms with Crippen molar-refractivity contribution in [2.24, 2.45) is 5.92 Å². The zero-order chi connectivity index (χ0) is 18.1. The molecule has 7 nitrogen and oxygen atoms in total. The summed E-state index contributed by atoms with van der Waals surface area (Å²) < 4.78 is 20.8. The first-order valence-corrected chi connectivity index (χ1v) is 7.65. The van der Waals surface area contributed by atoms with Crippen LogP contribution in [-0.4, -0.2) is 44.6 Å². The zero-order valence-electron chi connectivity index (χ0n) is 14.1. The van der Waals surface area contributed by atoms with Crippen LogP contribution < -0.4 is 9.47 Å². The van der Waals surface area contributed by atoms with Gasteiger partial charge < -0.3 is 24.1 Å². The maximum Gasteiger partial charge on any atom is 0.228 e. The Kier molecular flexibility index (Phi) is 4.39. The summed E-state index contributed by atoms with van der Waals surface area (Å²) in [5, 5.41) is 9.83. The number of allylic oxidation sites excluding steroid dienone is 2. The van der Waals surface area contributed by atoms with E-state index in [0.29, 0.717) is 23.5 Å². The van der Waals surface area contributed by atoms with Gasteiger partial charge in [0, 0.05) is 17.6 Å². The van der Waals surface area contributed by atoms with E-state index in [1.807, 2.05) is 0 Å². The summed E-state index contributed by atoms with van der Waals surface area (Å²) in [6.07, 6.45) is 1.75. The number of phenols is 1. The van der Waals surface area contributed by atoms with Crippen molar-refractivity contribution in [2.45, 2.75) is 6.42 Å². The third kappa shape index (κ3) is 2.82. The van der Waals surface area contributed by atoms with Gasteiger partial charge in [-0.15, -0.1) is 0 Å². The Labute approximate surface area is 144 Å². The summed E-state index contributed by atoms with van der Waals surface area (Å²) >= 11 is 0. The van der Waals surface area contributed by atoms with Gasteiger partial charge >= 0.3 is 0 Å². The molecule has 25 heavy (non-hydrogen) atoms. The van der Waals surface area contributed by atoms with Crippen LogP contribution >= 0.6 is 0 Å². The number of methoxy groups -OCH3 is 3. The van der Waals surface area contributed by atoms with Crippen molar-refractivity contribution in [1.82, 2.24) is 0 Å². The maximum absolute atomic E-state index is 12.7. The molecule has 1 N–H and O–H groups in total. The molecule has 1 unspecified atom stereocenters. The topological polar surface area (TPSA) is 91.3 Å². The van der Waals surface area contributed by atoms with Crippen molar-refractivity contribution in [1.29, 1.82) is 0 Å². The van der Waals surface area contributed by atoms with Crippen molar-refractivity contribution in [3.05, 3.63) is 40.9 Å². The van der Waals surface area contributed by atoms with E-state index in [-0.39, 0.29) is 35.6 Å². The predicted molar refractivity (Wildman–Crippen MR) is 86.5 cm³/mol. The second-order valence-corrected chi connectivity index (χ2v) is 5.70. The van der Waals surface area contributed by atoms with Gasteiger partial charge in [0.05, 0.1) is 27.9 Å². The van der Waals surface area contributed by atoms with Gasteiger partial charge in [0.15, 0.2) is 11.5 Å². The largest absolute Gasteiger partial charge is 0.504 e.